The van der Waals surface area contributed by atoms with Crippen molar-refractivity contribution in [1.29, 1.82) is 0 Å². The molecule has 0 fully saturated rings. The third-order valence-electron chi connectivity index (χ3n) is 6.62. The van der Waals surface area contributed by atoms with Crippen molar-refractivity contribution < 1.29 is 39.5 Å². The summed E-state index contributed by atoms with van der Waals surface area (Å²) in [6.45, 7) is 0.673. The summed E-state index contributed by atoms with van der Waals surface area (Å²) < 4.78 is 10.5. The van der Waals surface area contributed by atoms with Gasteiger partial charge in [0, 0.05) is 0 Å². The second-order valence-corrected chi connectivity index (χ2v) is 10.1. The fourth-order valence-corrected chi connectivity index (χ4v) is 4.24. The van der Waals surface area contributed by atoms with Gasteiger partial charge in [0.1, 0.15) is 12.1 Å². The normalized spacial score (nSPS) is 12.6. The lowest BCUT2D eigenvalue weighted by molar-refractivity contribution is -0.146. The molecule has 0 bridgehead atoms. The molecule has 0 aromatic heterocycles. The molecule has 0 saturated carbocycles. The molecule has 0 radical (unpaired) electrons. The van der Waals surface area contributed by atoms with Crippen LogP contribution in [-0.4, -0.2) is 57.7 Å². The lowest BCUT2D eigenvalue weighted by atomic mass is 10.1. The van der Waals surface area contributed by atoms with Crippen LogP contribution in [0.1, 0.15) is 75.3 Å². The highest BCUT2D eigenvalue weighted by Gasteiger charge is 2.17. The molecule has 222 valence electrons. The van der Waals surface area contributed by atoms with Crippen LogP contribution < -0.4 is 11.5 Å². The number of aromatic hydroxyl groups is 4. The average molecular weight is 561 g/mol. The molecule has 10 nitrogen and oxygen atoms in total. The molecule has 0 aliphatic heterocycles. The van der Waals surface area contributed by atoms with Crippen LogP contribution in [0, 0.1) is 0 Å². The Morgan fingerprint density at radius 2 is 0.875 bits per heavy atom. The van der Waals surface area contributed by atoms with Crippen molar-refractivity contribution in [3.05, 3.63) is 47.5 Å². The van der Waals surface area contributed by atoms with Crippen LogP contribution in [-0.2, 0) is 31.9 Å². The summed E-state index contributed by atoms with van der Waals surface area (Å²) in [4.78, 5) is 24.1. The van der Waals surface area contributed by atoms with Gasteiger partial charge in [-0.3, -0.25) is 9.59 Å². The lowest BCUT2D eigenvalue weighted by Crippen LogP contribution is -2.34. The summed E-state index contributed by atoms with van der Waals surface area (Å²) >= 11 is 0. The maximum absolute atomic E-state index is 12.0. The number of phenols is 4. The number of ether oxygens (including phenoxy) is 2. The van der Waals surface area contributed by atoms with E-state index in [1.54, 1.807) is 12.1 Å². The van der Waals surface area contributed by atoms with Crippen molar-refractivity contribution in [2.75, 3.05) is 13.2 Å². The number of hydrogen-bond donors (Lipinski definition) is 6. The zero-order valence-electron chi connectivity index (χ0n) is 23.1. The molecular weight excluding hydrogens is 516 g/mol. The molecule has 8 N–H and O–H groups in total. The van der Waals surface area contributed by atoms with Gasteiger partial charge in [0.25, 0.3) is 0 Å². The summed E-state index contributed by atoms with van der Waals surface area (Å²) in [7, 11) is 0. The number of carbonyl (C=O) groups is 2. The van der Waals surface area contributed by atoms with Crippen molar-refractivity contribution in [1.82, 2.24) is 0 Å². The summed E-state index contributed by atoms with van der Waals surface area (Å²) in [6, 6.07) is 7.06. The van der Waals surface area contributed by atoms with Gasteiger partial charge in [0.2, 0.25) is 0 Å². The topological polar surface area (TPSA) is 186 Å². The van der Waals surface area contributed by atoms with Crippen LogP contribution in [0.3, 0.4) is 0 Å². The van der Waals surface area contributed by atoms with Crippen LogP contribution in [0.4, 0.5) is 0 Å². The van der Waals surface area contributed by atoms with Crippen LogP contribution >= 0.6 is 0 Å². The molecule has 2 atom stereocenters. The van der Waals surface area contributed by atoms with Crippen molar-refractivity contribution in [2.45, 2.75) is 89.1 Å². The third kappa shape index (κ3) is 12.6. The first-order chi connectivity index (χ1) is 19.2. The van der Waals surface area contributed by atoms with Crippen LogP contribution in [0.15, 0.2) is 36.4 Å². The van der Waals surface area contributed by atoms with E-state index in [1.165, 1.54) is 24.3 Å². The molecule has 0 amide bonds. The Labute approximate surface area is 235 Å². The van der Waals surface area contributed by atoms with Gasteiger partial charge in [-0.15, -0.1) is 0 Å². The van der Waals surface area contributed by atoms with E-state index in [1.807, 2.05) is 0 Å². The van der Waals surface area contributed by atoms with E-state index in [9.17, 15) is 30.0 Å². The number of phenolic OH excluding ortho intramolecular Hbond substituents is 4. The Bertz CT molecular complexity index is 978. The van der Waals surface area contributed by atoms with Crippen molar-refractivity contribution >= 4 is 11.9 Å². The molecular formula is C30H44N2O8. The molecule has 0 saturated heterocycles. The third-order valence-corrected chi connectivity index (χ3v) is 6.62. The second kappa shape index (κ2) is 18.0. The molecule has 0 unspecified atom stereocenters. The summed E-state index contributed by atoms with van der Waals surface area (Å²) in [5.41, 5.74) is 13.1. The Morgan fingerprint density at radius 3 is 1.20 bits per heavy atom. The van der Waals surface area contributed by atoms with E-state index >= 15 is 0 Å². The molecule has 0 spiro atoms. The van der Waals surface area contributed by atoms with E-state index < -0.39 is 24.0 Å². The highest BCUT2D eigenvalue weighted by molar-refractivity contribution is 5.76. The van der Waals surface area contributed by atoms with Gasteiger partial charge in [-0.05, 0) is 61.1 Å². The number of benzene rings is 2. The van der Waals surface area contributed by atoms with Crippen LogP contribution in [0.5, 0.6) is 23.0 Å². The van der Waals surface area contributed by atoms with E-state index in [4.69, 9.17) is 20.9 Å². The second-order valence-electron chi connectivity index (χ2n) is 10.1. The summed E-state index contributed by atoms with van der Waals surface area (Å²) in [6.07, 6.45) is 10.7. The fraction of sp³-hybridized carbons (Fsp3) is 0.533. The molecule has 0 aliphatic rings. The predicted molar refractivity (Wildman–Crippen MR) is 151 cm³/mol. The highest BCUT2D eigenvalue weighted by atomic mass is 16.5. The van der Waals surface area contributed by atoms with Crippen LogP contribution in [0.25, 0.3) is 0 Å². The molecule has 0 aliphatic carbocycles. The molecule has 2 aromatic rings. The first kappa shape index (κ1) is 32.7. The predicted octanol–water partition coefficient (Wildman–Crippen LogP) is 3.94. The number of nitrogens with two attached hydrogens (primary N) is 2. The number of rotatable bonds is 19. The van der Waals surface area contributed by atoms with E-state index in [-0.39, 0.29) is 35.8 Å². The molecule has 2 aromatic carbocycles. The molecule has 0 heterocycles. The number of esters is 2. The van der Waals surface area contributed by atoms with Crippen molar-refractivity contribution in [2.24, 2.45) is 11.5 Å². The standard InChI is InChI=1S/C30H44N2O8/c31-23(17-21-11-13-25(33)27(35)19-21)29(37)39-15-9-7-5-3-1-2-4-6-8-10-16-40-30(38)24(32)18-22-12-14-26(34)28(36)20-22/h11-14,19-20,23-24,33-36H,1-10,15-18,31-32H2/t23-,24-/m0/s1. The average Bonchev–Trinajstić information content (AvgIpc) is 2.92. The van der Waals surface area contributed by atoms with Gasteiger partial charge in [-0.25, -0.2) is 0 Å². The Morgan fingerprint density at radius 1 is 0.550 bits per heavy atom. The Hall–Kier alpha value is -3.50. The van der Waals surface area contributed by atoms with Gasteiger partial charge >= 0.3 is 11.9 Å². The summed E-state index contributed by atoms with van der Waals surface area (Å²) in [5, 5.41) is 37.8. The minimum Gasteiger partial charge on any atom is -0.504 e. The molecule has 10 heteroatoms. The van der Waals surface area contributed by atoms with Gasteiger partial charge in [-0.2, -0.15) is 0 Å². The lowest BCUT2D eigenvalue weighted by Gasteiger charge is -2.12. The SMILES string of the molecule is N[C@@H](Cc1ccc(O)c(O)c1)C(=O)OCCCCCCCCCCCCOC(=O)[C@@H](N)Cc1ccc(O)c(O)c1. The zero-order valence-corrected chi connectivity index (χ0v) is 23.1. The minimum absolute atomic E-state index is 0.217. The van der Waals surface area contributed by atoms with Crippen molar-refractivity contribution in [3.63, 3.8) is 0 Å². The van der Waals surface area contributed by atoms with Gasteiger partial charge in [0.15, 0.2) is 23.0 Å². The summed E-state index contributed by atoms with van der Waals surface area (Å²) in [5.74, 6) is -1.87. The monoisotopic (exact) mass is 560 g/mol. The highest BCUT2D eigenvalue weighted by Crippen LogP contribution is 2.26. The van der Waals surface area contributed by atoms with E-state index in [2.05, 4.69) is 0 Å². The zero-order chi connectivity index (χ0) is 29.3. The Balaban J connectivity index is 1.38. The maximum Gasteiger partial charge on any atom is 0.323 e. The fourth-order valence-electron chi connectivity index (χ4n) is 4.24. The van der Waals surface area contributed by atoms with Crippen molar-refractivity contribution in [3.8, 4) is 23.0 Å². The molecule has 2 rings (SSSR count). The minimum atomic E-state index is -0.818. The number of carbonyl (C=O) groups excluding carboxylic acids is 2. The van der Waals surface area contributed by atoms with Gasteiger partial charge in [-0.1, -0.05) is 63.5 Å². The first-order valence-electron chi connectivity index (χ1n) is 14.0. The number of hydrogen-bond acceptors (Lipinski definition) is 10. The van der Waals surface area contributed by atoms with Gasteiger partial charge in [0.05, 0.1) is 13.2 Å². The van der Waals surface area contributed by atoms with Crippen LogP contribution in [0.2, 0.25) is 0 Å². The number of unbranched alkanes of at least 4 members (excludes halogenated alkanes) is 9. The quantitative estimate of drug-likeness (QED) is 0.0835. The largest absolute Gasteiger partial charge is 0.504 e. The smallest absolute Gasteiger partial charge is 0.323 e. The van der Waals surface area contributed by atoms with E-state index in [0.29, 0.717) is 24.3 Å². The maximum atomic E-state index is 12.0. The van der Waals surface area contributed by atoms with E-state index in [0.717, 1.165) is 64.2 Å². The molecule has 40 heavy (non-hydrogen) atoms. The van der Waals surface area contributed by atoms with Gasteiger partial charge < -0.3 is 41.4 Å². The first-order valence-corrected chi connectivity index (χ1v) is 14.0. The Kier molecular flexibility index (Phi) is 14.7.